The van der Waals surface area contributed by atoms with Gasteiger partial charge in [0.15, 0.2) is 6.04 Å². The number of hydrogen-bond donors (Lipinski definition) is 0. The molecule has 0 unspecified atom stereocenters. The number of rotatable bonds is 6. The van der Waals surface area contributed by atoms with E-state index in [0.29, 0.717) is 23.4 Å². The summed E-state index contributed by atoms with van der Waals surface area (Å²) in [6, 6.07) is 14.2. The molecule has 182 valence electrons. The van der Waals surface area contributed by atoms with Crippen molar-refractivity contribution in [2.45, 2.75) is 65.1 Å². The van der Waals surface area contributed by atoms with E-state index < -0.39 is 6.04 Å². The molecule has 0 N–H and O–H groups in total. The van der Waals surface area contributed by atoms with E-state index in [9.17, 15) is 14.0 Å². The lowest BCUT2D eigenvalue weighted by Gasteiger charge is -2.37. The third kappa shape index (κ3) is 4.96. The number of carbonyl (C=O) groups is 2. The number of halogens is 1. The summed E-state index contributed by atoms with van der Waals surface area (Å²) in [5, 5.41) is 0. The van der Waals surface area contributed by atoms with Crippen molar-refractivity contribution in [3.05, 3.63) is 66.0 Å². The van der Waals surface area contributed by atoms with Gasteiger partial charge in [0.2, 0.25) is 0 Å². The second kappa shape index (κ2) is 10.2. The smallest absolute Gasteiger partial charge is 0.331 e. The second-order valence-electron chi connectivity index (χ2n) is 10.2. The number of nitrogens with zero attached hydrogens (tertiary/aromatic N) is 2. The van der Waals surface area contributed by atoms with Crippen LogP contribution in [0.15, 0.2) is 54.6 Å². The first kappa shape index (κ1) is 24.2. The second-order valence-corrected chi connectivity index (χ2v) is 10.2. The lowest BCUT2D eigenvalue weighted by molar-refractivity contribution is -0.157. The number of anilines is 1. The SMILES string of the molecule is CC(C)[C@@H]1CC[C@@H](C)C[C@H]1OC(=O)[C@H]1CN([C@H](C)c2ccccc2)C(=O)N1c1ccc(F)cc1. The first-order valence-corrected chi connectivity index (χ1v) is 12.4. The Balaban J connectivity index is 1.61. The highest BCUT2D eigenvalue weighted by Crippen LogP contribution is 2.37. The topological polar surface area (TPSA) is 49.9 Å². The fourth-order valence-corrected chi connectivity index (χ4v) is 5.40. The molecule has 1 saturated heterocycles. The van der Waals surface area contributed by atoms with Crippen molar-refractivity contribution in [3.8, 4) is 0 Å². The Labute approximate surface area is 201 Å². The standard InChI is InChI=1S/C28H35FN2O3/c1-18(2)24-15-10-19(3)16-26(24)34-27(32)25-17-30(20(4)21-8-6-5-7-9-21)28(33)31(25)23-13-11-22(29)12-14-23/h5-9,11-14,18-20,24-26H,10,15-17H2,1-4H3/t19-,20-,24+,25-,26-/m1/s1. The van der Waals surface area contributed by atoms with Gasteiger partial charge < -0.3 is 9.64 Å². The van der Waals surface area contributed by atoms with Crippen molar-refractivity contribution in [2.75, 3.05) is 11.4 Å². The molecule has 5 atom stereocenters. The van der Waals surface area contributed by atoms with Crippen molar-refractivity contribution in [1.82, 2.24) is 4.90 Å². The van der Waals surface area contributed by atoms with Gasteiger partial charge in [-0.05, 0) is 67.3 Å². The van der Waals surface area contributed by atoms with Gasteiger partial charge in [0, 0.05) is 5.69 Å². The van der Waals surface area contributed by atoms with Gasteiger partial charge in [-0.3, -0.25) is 4.90 Å². The molecule has 1 heterocycles. The van der Waals surface area contributed by atoms with Crippen LogP contribution in [0.3, 0.4) is 0 Å². The predicted molar refractivity (Wildman–Crippen MR) is 131 cm³/mol. The van der Waals surface area contributed by atoms with Crippen LogP contribution in [0.4, 0.5) is 14.9 Å². The molecule has 2 aliphatic rings. The Bertz CT molecular complexity index is 994. The molecule has 4 rings (SSSR count). The maximum Gasteiger partial charge on any atom is 0.331 e. The summed E-state index contributed by atoms with van der Waals surface area (Å²) >= 11 is 0. The Hall–Kier alpha value is -2.89. The van der Waals surface area contributed by atoms with Crippen LogP contribution >= 0.6 is 0 Å². The van der Waals surface area contributed by atoms with Crippen molar-refractivity contribution in [1.29, 1.82) is 0 Å². The van der Waals surface area contributed by atoms with E-state index in [1.165, 1.54) is 17.0 Å². The van der Waals surface area contributed by atoms with Crippen molar-refractivity contribution >= 4 is 17.7 Å². The zero-order valence-corrected chi connectivity index (χ0v) is 20.5. The zero-order chi connectivity index (χ0) is 24.4. The van der Waals surface area contributed by atoms with E-state index in [4.69, 9.17) is 4.74 Å². The lowest BCUT2D eigenvalue weighted by Crippen LogP contribution is -2.44. The number of esters is 1. The minimum atomic E-state index is -0.783. The lowest BCUT2D eigenvalue weighted by atomic mass is 9.75. The van der Waals surface area contributed by atoms with Crippen LogP contribution in [0, 0.1) is 23.6 Å². The number of amides is 2. The average molecular weight is 467 g/mol. The predicted octanol–water partition coefficient (Wildman–Crippen LogP) is 6.20. The number of benzene rings is 2. The summed E-state index contributed by atoms with van der Waals surface area (Å²) in [6.45, 7) is 8.73. The van der Waals surface area contributed by atoms with E-state index in [2.05, 4.69) is 20.8 Å². The molecule has 2 fully saturated rings. The Morgan fingerprint density at radius 1 is 1.03 bits per heavy atom. The molecule has 34 heavy (non-hydrogen) atoms. The van der Waals surface area contributed by atoms with Crippen molar-refractivity contribution in [3.63, 3.8) is 0 Å². The maximum atomic E-state index is 13.6. The molecule has 1 aliphatic carbocycles. The summed E-state index contributed by atoms with van der Waals surface area (Å²) in [5.41, 5.74) is 1.48. The van der Waals surface area contributed by atoms with Gasteiger partial charge in [-0.2, -0.15) is 0 Å². The Morgan fingerprint density at radius 2 is 1.71 bits per heavy atom. The first-order chi connectivity index (χ1) is 16.3. The summed E-state index contributed by atoms with van der Waals surface area (Å²) in [7, 11) is 0. The molecule has 5 nitrogen and oxygen atoms in total. The molecule has 2 aromatic rings. The maximum absolute atomic E-state index is 13.6. The van der Waals surface area contributed by atoms with Gasteiger partial charge in [-0.15, -0.1) is 0 Å². The molecule has 0 radical (unpaired) electrons. The van der Waals surface area contributed by atoms with Gasteiger partial charge in [0.1, 0.15) is 11.9 Å². The van der Waals surface area contributed by atoms with E-state index in [1.54, 1.807) is 17.0 Å². The number of ether oxygens (including phenoxy) is 1. The molecule has 1 aliphatic heterocycles. The number of carbonyl (C=O) groups excluding carboxylic acids is 2. The minimum Gasteiger partial charge on any atom is -0.460 e. The highest BCUT2D eigenvalue weighted by atomic mass is 19.1. The van der Waals surface area contributed by atoms with Gasteiger partial charge in [-0.1, -0.05) is 57.5 Å². The van der Waals surface area contributed by atoms with Crippen molar-refractivity contribution in [2.24, 2.45) is 17.8 Å². The molecule has 0 spiro atoms. The molecular formula is C28H35FN2O3. The van der Waals surface area contributed by atoms with Crippen LogP contribution in [0.5, 0.6) is 0 Å². The molecule has 6 heteroatoms. The van der Waals surface area contributed by atoms with Crippen LogP contribution in [-0.4, -0.2) is 35.6 Å². The zero-order valence-electron chi connectivity index (χ0n) is 20.5. The third-order valence-electron chi connectivity index (χ3n) is 7.49. The van der Waals surface area contributed by atoms with Gasteiger partial charge in [0.25, 0.3) is 0 Å². The third-order valence-corrected chi connectivity index (χ3v) is 7.49. The van der Waals surface area contributed by atoms with E-state index in [-0.39, 0.29) is 36.5 Å². The highest BCUT2D eigenvalue weighted by molar-refractivity contribution is 6.02. The van der Waals surface area contributed by atoms with Crippen molar-refractivity contribution < 1.29 is 18.7 Å². The van der Waals surface area contributed by atoms with Crippen LogP contribution in [-0.2, 0) is 9.53 Å². The summed E-state index contributed by atoms with van der Waals surface area (Å²) in [6.07, 6.45) is 2.87. The fraction of sp³-hybridized carbons (Fsp3) is 0.500. The van der Waals surface area contributed by atoms with Crippen LogP contribution in [0.2, 0.25) is 0 Å². The molecular weight excluding hydrogens is 431 g/mol. The molecule has 0 bridgehead atoms. The van der Waals surface area contributed by atoms with E-state index >= 15 is 0 Å². The monoisotopic (exact) mass is 466 g/mol. The first-order valence-electron chi connectivity index (χ1n) is 12.4. The fourth-order valence-electron chi connectivity index (χ4n) is 5.40. The molecule has 2 amide bonds. The van der Waals surface area contributed by atoms with Gasteiger partial charge in [0.05, 0.1) is 12.6 Å². The summed E-state index contributed by atoms with van der Waals surface area (Å²) in [5.74, 6) is 0.459. The van der Waals surface area contributed by atoms with Crippen LogP contribution < -0.4 is 4.90 Å². The normalized spacial score (nSPS) is 26.1. The largest absolute Gasteiger partial charge is 0.460 e. The highest BCUT2D eigenvalue weighted by Gasteiger charge is 2.46. The van der Waals surface area contributed by atoms with E-state index in [1.807, 2.05) is 37.3 Å². The Morgan fingerprint density at radius 3 is 2.35 bits per heavy atom. The molecule has 2 aromatic carbocycles. The molecule has 0 aromatic heterocycles. The quantitative estimate of drug-likeness (QED) is 0.476. The van der Waals surface area contributed by atoms with Gasteiger partial charge in [-0.25, -0.2) is 14.0 Å². The van der Waals surface area contributed by atoms with Crippen LogP contribution in [0.25, 0.3) is 0 Å². The molecule has 1 saturated carbocycles. The Kier molecular flexibility index (Phi) is 7.24. The summed E-state index contributed by atoms with van der Waals surface area (Å²) < 4.78 is 19.8. The minimum absolute atomic E-state index is 0.151. The van der Waals surface area contributed by atoms with Crippen LogP contribution in [0.1, 0.15) is 58.6 Å². The van der Waals surface area contributed by atoms with Gasteiger partial charge >= 0.3 is 12.0 Å². The number of hydrogen-bond acceptors (Lipinski definition) is 3. The van der Waals surface area contributed by atoms with E-state index in [0.717, 1.165) is 24.8 Å². The average Bonchev–Trinajstić information content (AvgIpc) is 3.16. The summed E-state index contributed by atoms with van der Waals surface area (Å²) in [4.78, 5) is 30.3. The number of urea groups is 1.